The van der Waals surface area contributed by atoms with Gasteiger partial charge in [-0.15, -0.1) is 13.2 Å². The van der Waals surface area contributed by atoms with Gasteiger partial charge in [0.05, 0.1) is 0 Å². The molecule has 0 bridgehead atoms. The lowest BCUT2D eigenvalue weighted by molar-refractivity contribution is -0.274. The molecule has 4 rings (SSSR count). The van der Waals surface area contributed by atoms with Gasteiger partial charge in [0.25, 0.3) is 10.0 Å². The summed E-state index contributed by atoms with van der Waals surface area (Å²) in [7, 11) is -4.15. The number of alkyl halides is 3. The number of nitrogens with one attached hydrogen (secondary N) is 1. The zero-order valence-electron chi connectivity index (χ0n) is 16.9. The highest BCUT2D eigenvalue weighted by Crippen LogP contribution is 2.30. The largest absolute Gasteiger partial charge is 0.573 e. The molecule has 0 aliphatic carbocycles. The summed E-state index contributed by atoms with van der Waals surface area (Å²) in [6.45, 7) is 0.0920. The normalized spacial score (nSPS) is 17.4. The van der Waals surface area contributed by atoms with Gasteiger partial charge in [-0.25, -0.2) is 12.8 Å². The zero-order valence-corrected chi connectivity index (χ0v) is 17.7. The first-order valence-electron chi connectivity index (χ1n) is 9.86. The van der Waals surface area contributed by atoms with Crippen molar-refractivity contribution in [2.24, 2.45) is 0 Å². The summed E-state index contributed by atoms with van der Waals surface area (Å²) < 4.78 is 86.5. The van der Waals surface area contributed by atoms with E-state index in [-0.39, 0.29) is 35.6 Å². The molecular formula is C21H18F4N2O5S. The van der Waals surface area contributed by atoms with E-state index >= 15 is 0 Å². The van der Waals surface area contributed by atoms with Crippen molar-refractivity contribution in [1.82, 2.24) is 9.62 Å². The molecule has 1 fully saturated rings. The molecule has 2 aromatic carbocycles. The minimum Gasteiger partial charge on any atom is -0.443 e. The molecule has 176 valence electrons. The van der Waals surface area contributed by atoms with Crippen LogP contribution in [0, 0.1) is 5.82 Å². The second-order valence-corrected chi connectivity index (χ2v) is 9.25. The van der Waals surface area contributed by atoms with Crippen molar-refractivity contribution in [3.8, 4) is 5.75 Å². The van der Waals surface area contributed by atoms with Gasteiger partial charge in [-0.05, 0) is 48.7 Å². The Labute approximate surface area is 186 Å². The molecule has 1 N–H and O–H groups in total. The van der Waals surface area contributed by atoms with E-state index in [4.69, 9.17) is 4.42 Å². The van der Waals surface area contributed by atoms with E-state index in [2.05, 4.69) is 10.1 Å². The Morgan fingerprint density at radius 1 is 1.15 bits per heavy atom. The average molecular weight is 486 g/mol. The predicted octanol–water partition coefficient (Wildman–Crippen LogP) is 3.94. The summed E-state index contributed by atoms with van der Waals surface area (Å²) >= 11 is 0. The number of amides is 1. The molecule has 0 saturated carbocycles. The minimum atomic E-state index is -4.80. The van der Waals surface area contributed by atoms with Gasteiger partial charge in [-0.3, -0.25) is 4.79 Å². The fourth-order valence-electron chi connectivity index (χ4n) is 3.64. The van der Waals surface area contributed by atoms with Crippen molar-refractivity contribution < 1.29 is 39.9 Å². The van der Waals surface area contributed by atoms with Crippen LogP contribution < -0.4 is 10.1 Å². The van der Waals surface area contributed by atoms with Crippen molar-refractivity contribution >= 4 is 26.9 Å². The van der Waals surface area contributed by atoms with E-state index < -0.39 is 39.9 Å². The van der Waals surface area contributed by atoms with Gasteiger partial charge in [-0.1, -0.05) is 12.1 Å². The molecule has 7 nitrogen and oxygen atoms in total. The third kappa shape index (κ3) is 5.11. The Bertz CT molecular complexity index is 1270. The van der Waals surface area contributed by atoms with Crippen LogP contribution in [-0.4, -0.2) is 37.6 Å². The number of carbonyl (C=O) groups is 1. The topological polar surface area (TPSA) is 88.9 Å². The highest BCUT2D eigenvalue weighted by atomic mass is 32.2. The summed E-state index contributed by atoms with van der Waals surface area (Å²) in [5, 5.41) is 2.51. The molecule has 3 aromatic rings. The fraction of sp³-hybridized carbons (Fsp3) is 0.286. The van der Waals surface area contributed by atoms with Gasteiger partial charge < -0.3 is 14.5 Å². The molecule has 0 radical (unpaired) electrons. The Hall–Kier alpha value is -3.12. The fourth-order valence-corrected chi connectivity index (χ4v) is 5.25. The van der Waals surface area contributed by atoms with Crippen LogP contribution in [-0.2, 0) is 21.4 Å². The molecule has 1 aliphatic heterocycles. The number of hydrogen-bond acceptors (Lipinski definition) is 5. The number of sulfonamides is 1. The summed E-state index contributed by atoms with van der Waals surface area (Å²) in [6, 6.07) is 8.81. The van der Waals surface area contributed by atoms with Crippen LogP contribution in [0.25, 0.3) is 11.0 Å². The maximum absolute atomic E-state index is 13.4. The van der Waals surface area contributed by atoms with Crippen LogP contribution >= 0.6 is 0 Å². The van der Waals surface area contributed by atoms with E-state index in [1.165, 1.54) is 24.3 Å². The van der Waals surface area contributed by atoms with Crippen molar-refractivity contribution in [2.45, 2.75) is 36.9 Å². The molecule has 1 amide bonds. The molecule has 1 saturated heterocycles. The van der Waals surface area contributed by atoms with Crippen LogP contribution in [0.3, 0.4) is 0 Å². The Morgan fingerprint density at radius 3 is 2.58 bits per heavy atom. The lowest BCUT2D eigenvalue weighted by Gasteiger charge is -2.22. The van der Waals surface area contributed by atoms with E-state index in [1.54, 1.807) is 0 Å². The monoisotopic (exact) mass is 486 g/mol. The van der Waals surface area contributed by atoms with E-state index in [1.807, 2.05) is 0 Å². The lowest BCUT2D eigenvalue weighted by atomic mass is 10.2. The summed E-state index contributed by atoms with van der Waals surface area (Å²) in [4.78, 5) is 12.7. The predicted molar refractivity (Wildman–Crippen MR) is 108 cm³/mol. The maximum atomic E-state index is 13.4. The minimum absolute atomic E-state index is 0.0145. The third-order valence-electron chi connectivity index (χ3n) is 5.15. The Kier molecular flexibility index (Phi) is 6.06. The van der Waals surface area contributed by atoms with Crippen LogP contribution in [0.2, 0.25) is 0 Å². The number of ether oxygens (including phenoxy) is 1. The number of benzene rings is 2. The van der Waals surface area contributed by atoms with Gasteiger partial charge >= 0.3 is 6.36 Å². The summed E-state index contributed by atoms with van der Waals surface area (Å²) in [5.41, 5.74) is 0.706. The number of halogens is 4. The van der Waals surface area contributed by atoms with E-state index in [0.717, 1.165) is 28.6 Å². The van der Waals surface area contributed by atoms with Crippen LogP contribution in [0.5, 0.6) is 5.75 Å². The van der Waals surface area contributed by atoms with Crippen LogP contribution in [0.4, 0.5) is 17.6 Å². The van der Waals surface area contributed by atoms with Crippen LogP contribution in [0.15, 0.2) is 58.0 Å². The second-order valence-electron chi connectivity index (χ2n) is 7.43. The van der Waals surface area contributed by atoms with Crippen molar-refractivity contribution in [3.63, 3.8) is 0 Å². The molecule has 2 heterocycles. The smallest absolute Gasteiger partial charge is 0.443 e. The number of hydrogen-bond donors (Lipinski definition) is 1. The summed E-state index contributed by atoms with van der Waals surface area (Å²) in [5.74, 6) is -1.48. The molecule has 1 aliphatic rings. The van der Waals surface area contributed by atoms with Gasteiger partial charge in [-0.2, -0.15) is 4.31 Å². The second kappa shape index (κ2) is 8.67. The number of fused-ring (bicyclic) bond motifs is 1. The van der Waals surface area contributed by atoms with Gasteiger partial charge in [0, 0.05) is 24.5 Å². The highest BCUT2D eigenvalue weighted by Gasteiger charge is 2.41. The van der Waals surface area contributed by atoms with Crippen molar-refractivity contribution in [3.05, 3.63) is 59.9 Å². The first-order valence-corrected chi connectivity index (χ1v) is 11.3. The van der Waals surface area contributed by atoms with Gasteiger partial charge in [0.2, 0.25) is 11.0 Å². The number of furan rings is 1. The zero-order chi connectivity index (χ0) is 23.8. The first-order chi connectivity index (χ1) is 15.5. The average Bonchev–Trinajstić information content (AvgIpc) is 3.39. The molecule has 1 atom stereocenters. The number of rotatable bonds is 6. The lowest BCUT2D eigenvalue weighted by Crippen LogP contribution is -2.45. The summed E-state index contributed by atoms with van der Waals surface area (Å²) in [6.07, 6.45) is -4.06. The molecule has 0 spiro atoms. The molecular weight excluding hydrogens is 468 g/mol. The maximum Gasteiger partial charge on any atom is 0.573 e. The Balaban J connectivity index is 1.44. The van der Waals surface area contributed by atoms with Crippen molar-refractivity contribution in [1.29, 1.82) is 0 Å². The molecule has 1 aromatic heterocycles. The number of carbonyl (C=O) groups excluding carboxylic acids is 1. The van der Waals surface area contributed by atoms with Crippen molar-refractivity contribution in [2.75, 3.05) is 6.54 Å². The highest BCUT2D eigenvalue weighted by molar-refractivity contribution is 7.89. The molecule has 12 heteroatoms. The van der Waals surface area contributed by atoms with E-state index in [0.29, 0.717) is 12.0 Å². The van der Waals surface area contributed by atoms with Gasteiger partial charge in [0.1, 0.15) is 23.2 Å². The number of nitrogens with zero attached hydrogens (tertiary/aromatic N) is 1. The third-order valence-corrected chi connectivity index (χ3v) is 6.91. The van der Waals surface area contributed by atoms with Crippen LogP contribution in [0.1, 0.15) is 18.4 Å². The molecule has 0 unspecified atom stereocenters. The van der Waals surface area contributed by atoms with E-state index in [9.17, 15) is 30.8 Å². The Morgan fingerprint density at radius 2 is 1.88 bits per heavy atom. The standard InChI is InChI=1S/C21H18F4N2O5S/c22-15-5-8-18-14(10-15)11-19(31-18)33(29,30)27-9-1-2-17(27)20(28)26-12-13-3-6-16(7-4-13)32-21(23,24)25/h3-8,10-11,17H,1-2,9,12H2,(H,26,28)/t17-/m0/s1. The first kappa shape index (κ1) is 23.1. The quantitative estimate of drug-likeness (QED) is 0.534. The van der Waals surface area contributed by atoms with Gasteiger partial charge in [0.15, 0.2) is 0 Å². The SMILES string of the molecule is O=C(NCc1ccc(OC(F)(F)F)cc1)[C@@H]1CCCN1S(=O)(=O)c1cc2cc(F)ccc2o1. The molecule has 33 heavy (non-hydrogen) atoms.